The Kier molecular flexibility index (Phi) is 4.86. The van der Waals surface area contributed by atoms with Crippen LogP contribution in [0.5, 0.6) is 0 Å². The highest BCUT2D eigenvalue weighted by Gasteiger charge is 2.30. The predicted molar refractivity (Wildman–Crippen MR) is 90.4 cm³/mol. The molecular weight excluding hydrogens is 371 g/mol. The Balaban J connectivity index is 1.85. The molecular formula is C17H13ClF3N3O2. The van der Waals surface area contributed by atoms with Gasteiger partial charge in [0.2, 0.25) is 5.91 Å². The number of fused-ring (bicyclic) bond motifs is 1. The molecule has 2 N–H and O–H groups in total. The number of pyridine rings is 1. The Labute approximate surface area is 151 Å². The van der Waals surface area contributed by atoms with Gasteiger partial charge in [-0.15, -0.1) is 0 Å². The van der Waals surface area contributed by atoms with Crippen LogP contribution in [0, 0.1) is 0 Å². The highest BCUT2D eigenvalue weighted by molar-refractivity contribution is 6.34. The Morgan fingerprint density at radius 3 is 2.81 bits per heavy atom. The monoisotopic (exact) mass is 383 g/mol. The maximum Gasteiger partial charge on any atom is 0.393 e. The summed E-state index contributed by atoms with van der Waals surface area (Å²) in [4.78, 5) is 27.5. The molecule has 136 valence electrons. The van der Waals surface area contributed by atoms with Crippen molar-refractivity contribution in [3.8, 4) is 0 Å². The van der Waals surface area contributed by atoms with E-state index >= 15 is 0 Å². The van der Waals surface area contributed by atoms with Crippen molar-refractivity contribution in [2.24, 2.45) is 0 Å². The van der Waals surface area contributed by atoms with E-state index in [2.05, 4.69) is 15.6 Å². The largest absolute Gasteiger partial charge is 0.393 e. The first-order valence-electron chi connectivity index (χ1n) is 7.66. The first-order valence-corrected chi connectivity index (χ1v) is 8.04. The lowest BCUT2D eigenvalue weighted by molar-refractivity contribution is -0.127. The Hall–Kier alpha value is -2.61. The summed E-state index contributed by atoms with van der Waals surface area (Å²) in [6, 6.07) is 4.31. The number of nitrogens with one attached hydrogen (secondary N) is 2. The number of hydrogen-bond donors (Lipinski definition) is 2. The topological polar surface area (TPSA) is 71.1 Å². The van der Waals surface area contributed by atoms with Crippen molar-refractivity contribution in [2.75, 3.05) is 10.6 Å². The second-order valence-corrected chi connectivity index (χ2v) is 6.23. The van der Waals surface area contributed by atoms with Crippen LogP contribution in [0.25, 0.3) is 0 Å². The Bertz CT molecular complexity index is 884. The van der Waals surface area contributed by atoms with Crippen LogP contribution in [0.3, 0.4) is 0 Å². The zero-order chi connectivity index (χ0) is 18.9. The standard InChI is InChI=1S/C17H13ClF3N3O2/c18-13-6-11(5-9-1-2-14(25)24-15(9)13)23-16(26)12-3-4-22-8-10(12)7-17(19,20)21/h3-6,8H,1-2,7H2,(H,23,26)(H,24,25). The minimum Gasteiger partial charge on any atom is -0.325 e. The van der Waals surface area contributed by atoms with Gasteiger partial charge in [0, 0.05) is 30.1 Å². The number of rotatable bonds is 3. The molecule has 9 heteroatoms. The molecule has 0 spiro atoms. The molecule has 0 unspecified atom stereocenters. The summed E-state index contributed by atoms with van der Waals surface area (Å²) in [5.74, 6) is -0.840. The number of alkyl halides is 3. The van der Waals surface area contributed by atoms with Gasteiger partial charge in [-0.1, -0.05) is 11.6 Å². The molecule has 2 aromatic rings. The van der Waals surface area contributed by atoms with E-state index in [9.17, 15) is 22.8 Å². The molecule has 0 saturated heterocycles. The van der Waals surface area contributed by atoms with Gasteiger partial charge in [-0.3, -0.25) is 14.6 Å². The quantitative estimate of drug-likeness (QED) is 0.842. The predicted octanol–water partition coefficient (Wildman–Crippen LogP) is 3.98. The molecule has 0 fully saturated rings. The summed E-state index contributed by atoms with van der Waals surface area (Å²) in [6.45, 7) is 0. The van der Waals surface area contributed by atoms with Gasteiger partial charge in [0.1, 0.15) is 0 Å². The highest BCUT2D eigenvalue weighted by Crippen LogP contribution is 2.34. The molecule has 26 heavy (non-hydrogen) atoms. The minimum absolute atomic E-state index is 0.112. The SMILES string of the molecule is O=C1CCc2cc(NC(=O)c3ccncc3CC(F)(F)F)cc(Cl)c2N1. The van der Waals surface area contributed by atoms with Crippen molar-refractivity contribution in [3.05, 3.63) is 52.3 Å². The van der Waals surface area contributed by atoms with Crippen LogP contribution < -0.4 is 10.6 Å². The van der Waals surface area contributed by atoms with Crippen molar-refractivity contribution in [2.45, 2.75) is 25.4 Å². The fourth-order valence-electron chi connectivity index (χ4n) is 2.73. The van der Waals surface area contributed by atoms with E-state index in [1.807, 2.05) is 0 Å². The van der Waals surface area contributed by atoms with Crippen molar-refractivity contribution in [3.63, 3.8) is 0 Å². The molecule has 2 heterocycles. The molecule has 1 aromatic carbocycles. The van der Waals surface area contributed by atoms with Gasteiger partial charge < -0.3 is 10.6 Å². The van der Waals surface area contributed by atoms with E-state index in [-0.39, 0.29) is 22.1 Å². The number of carbonyl (C=O) groups excluding carboxylic acids is 2. The fourth-order valence-corrected chi connectivity index (χ4v) is 3.01. The first-order chi connectivity index (χ1) is 12.2. The highest BCUT2D eigenvalue weighted by atomic mass is 35.5. The van der Waals surface area contributed by atoms with Crippen molar-refractivity contribution < 1.29 is 22.8 Å². The third kappa shape index (κ3) is 4.13. The molecule has 0 aliphatic carbocycles. The average Bonchev–Trinajstić information content (AvgIpc) is 2.54. The number of amides is 2. The average molecular weight is 384 g/mol. The van der Waals surface area contributed by atoms with Crippen molar-refractivity contribution >= 4 is 34.8 Å². The lowest BCUT2D eigenvalue weighted by Gasteiger charge is -2.19. The number of nitrogens with zero attached hydrogens (tertiary/aromatic N) is 1. The maximum absolute atomic E-state index is 12.7. The molecule has 0 atom stereocenters. The molecule has 2 amide bonds. The fraction of sp³-hybridized carbons (Fsp3) is 0.235. The van der Waals surface area contributed by atoms with E-state index in [0.29, 0.717) is 24.2 Å². The third-order valence-corrected chi connectivity index (χ3v) is 4.15. The summed E-state index contributed by atoms with van der Waals surface area (Å²) in [5.41, 5.74) is 1.25. The Morgan fingerprint density at radius 2 is 2.08 bits per heavy atom. The van der Waals surface area contributed by atoms with Gasteiger partial charge in [0.25, 0.3) is 5.91 Å². The van der Waals surface area contributed by atoms with Gasteiger partial charge in [-0.25, -0.2) is 0 Å². The van der Waals surface area contributed by atoms with Crippen LogP contribution in [0.1, 0.15) is 27.9 Å². The van der Waals surface area contributed by atoms with E-state index in [4.69, 9.17) is 11.6 Å². The van der Waals surface area contributed by atoms with Gasteiger partial charge in [0.15, 0.2) is 0 Å². The molecule has 5 nitrogen and oxygen atoms in total. The first kappa shape index (κ1) is 18.2. The van der Waals surface area contributed by atoms with Crippen molar-refractivity contribution in [1.29, 1.82) is 0 Å². The smallest absolute Gasteiger partial charge is 0.325 e. The number of benzene rings is 1. The summed E-state index contributed by atoms with van der Waals surface area (Å²) in [6.07, 6.45) is -2.67. The maximum atomic E-state index is 12.7. The number of anilines is 2. The summed E-state index contributed by atoms with van der Waals surface area (Å²) >= 11 is 6.14. The van der Waals surface area contributed by atoms with E-state index in [1.165, 1.54) is 18.3 Å². The molecule has 0 radical (unpaired) electrons. The zero-order valence-electron chi connectivity index (χ0n) is 13.3. The summed E-state index contributed by atoms with van der Waals surface area (Å²) in [5, 5.41) is 5.46. The molecule has 3 rings (SSSR count). The van der Waals surface area contributed by atoms with Crippen LogP contribution in [0.15, 0.2) is 30.6 Å². The van der Waals surface area contributed by atoms with Crippen LogP contribution in [0.2, 0.25) is 5.02 Å². The van der Waals surface area contributed by atoms with Crippen LogP contribution >= 0.6 is 11.6 Å². The van der Waals surface area contributed by atoms with Crippen molar-refractivity contribution in [1.82, 2.24) is 4.98 Å². The lowest BCUT2D eigenvalue weighted by atomic mass is 10.0. The minimum atomic E-state index is -4.45. The van der Waals surface area contributed by atoms with Crippen LogP contribution in [-0.4, -0.2) is 23.0 Å². The number of halogens is 4. The molecule has 1 aliphatic heterocycles. The zero-order valence-corrected chi connectivity index (χ0v) is 14.0. The second-order valence-electron chi connectivity index (χ2n) is 5.82. The number of carbonyl (C=O) groups is 2. The van der Waals surface area contributed by atoms with E-state index < -0.39 is 18.5 Å². The van der Waals surface area contributed by atoms with E-state index in [1.54, 1.807) is 6.07 Å². The number of aryl methyl sites for hydroxylation is 1. The molecule has 0 saturated carbocycles. The molecule has 0 bridgehead atoms. The normalized spacial score (nSPS) is 13.8. The number of aromatic nitrogens is 1. The number of hydrogen-bond acceptors (Lipinski definition) is 3. The van der Waals surface area contributed by atoms with Crippen LogP contribution in [0.4, 0.5) is 24.5 Å². The third-order valence-electron chi connectivity index (χ3n) is 3.85. The van der Waals surface area contributed by atoms with Gasteiger partial charge >= 0.3 is 6.18 Å². The summed E-state index contributed by atoms with van der Waals surface area (Å²) < 4.78 is 38.0. The Morgan fingerprint density at radius 1 is 1.31 bits per heavy atom. The van der Waals surface area contributed by atoms with Gasteiger partial charge in [-0.05, 0) is 35.7 Å². The van der Waals surface area contributed by atoms with Gasteiger partial charge in [0.05, 0.1) is 17.1 Å². The van der Waals surface area contributed by atoms with Gasteiger partial charge in [-0.2, -0.15) is 13.2 Å². The molecule has 1 aliphatic rings. The summed E-state index contributed by atoms with van der Waals surface area (Å²) in [7, 11) is 0. The lowest BCUT2D eigenvalue weighted by Crippen LogP contribution is -2.21. The van der Waals surface area contributed by atoms with E-state index in [0.717, 1.165) is 11.8 Å². The van der Waals surface area contributed by atoms with Crippen LogP contribution in [-0.2, 0) is 17.6 Å². The second kappa shape index (κ2) is 6.95. The molecule has 1 aromatic heterocycles.